The van der Waals surface area contributed by atoms with Crippen LogP contribution in [0.4, 0.5) is 4.79 Å². The normalized spacial score (nSPS) is 26.5. The molecule has 0 unspecified atom stereocenters. The maximum Gasteiger partial charge on any atom is 0.326 e. The van der Waals surface area contributed by atoms with Crippen LogP contribution in [-0.2, 0) is 4.79 Å². The van der Waals surface area contributed by atoms with Crippen molar-refractivity contribution in [3.63, 3.8) is 0 Å². The minimum atomic E-state index is -0.723. The van der Waals surface area contributed by atoms with E-state index in [9.17, 15) is 14.4 Å². The largest absolute Gasteiger partial charge is 0.336 e. The molecular formula is C27H40N4O3. The Bertz CT molecular complexity index is 918. The molecule has 0 aromatic heterocycles. The first-order valence-corrected chi connectivity index (χ1v) is 12.8. The third-order valence-electron chi connectivity index (χ3n) is 8.14. The summed E-state index contributed by atoms with van der Waals surface area (Å²) in [6.07, 6.45) is 3.35. The maximum absolute atomic E-state index is 13.3. The van der Waals surface area contributed by atoms with Crippen molar-refractivity contribution in [1.82, 2.24) is 20.0 Å². The third kappa shape index (κ3) is 4.85. The van der Waals surface area contributed by atoms with E-state index >= 15 is 0 Å². The summed E-state index contributed by atoms with van der Waals surface area (Å²) in [5.41, 5.74) is 1.43. The van der Waals surface area contributed by atoms with E-state index in [4.69, 9.17) is 0 Å². The van der Waals surface area contributed by atoms with Crippen molar-refractivity contribution >= 4 is 17.8 Å². The molecule has 0 bridgehead atoms. The van der Waals surface area contributed by atoms with Crippen molar-refractivity contribution in [2.75, 3.05) is 32.8 Å². The molecule has 4 rings (SSSR count). The lowest BCUT2D eigenvalue weighted by Gasteiger charge is -2.41. The lowest BCUT2D eigenvalue weighted by molar-refractivity contribution is -0.134. The number of rotatable bonds is 4. The molecule has 2 aliphatic heterocycles. The standard InChI is InChI=1S/C27H40N4O3/c1-19(2)20-6-8-21(9-7-20)23(32)30-16-14-29(15-17-30)18-31-24(33)27(28-25(31)34)12-10-22(11-13-27)26(3,4)5/h6-9,19,22H,10-18H2,1-5H3,(H,28,34). The molecule has 1 aliphatic carbocycles. The Balaban J connectivity index is 1.30. The smallest absolute Gasteiger partial charge is 0.326 e. The predicted molar refractivity (Wildman–Crippen MR) is 132 cm³/mol. The maximum atomic E-state index is 13.3. The average molecular weight is 469 g/mol. The first kappa shape index (κ1) is 24.7. The van der Waals surface area contributed by atoms with Crippen molar-refractivity contribution in [3.8, 4) is 0 Å². The molecule has 1 saturated carbocycles. The highest BCUT2D eigenvalue weighted by molar-refractivity contribution is 6.07. The van der Waals surface area contributed by atoms with Gasteiger partial charge in [-0.1, -0.05) is 46.8 Å². The van der Waals surface area contributed by atoms with Gasteiger partial charge in [-0.25, -0.2) is 9.69 Å². The lowest BCUT2D eigenvalue weighted by Crippen LogP contribution is -2.53. The molecule has 4 amide bonds. The topological polar surface area (TPSA) is 73.0 Å². The number of hydrogen-bond donors (Lipinski definition) is 1. The summed E-state index contributed by atoms with van der Waals surface area (Å²) in [4.78, 5) is 44.3. The van der Waals surface area contributed by atoms with E-state index in [1.807, 2.05) is 29.2 Å². The van der Waals surface area contributed by atoms with Crippen LogP contribution in [0.3, 0.4) is 0 Å². The highest BCUT2D eigenvalue weighted by atomic mass is 16.2. The monoisotopic (exact) mass is 468 g/mol. The second-order valence-electron chi connectivity index (χ2n) is 11.7. The Labute approximate surface area is 203 Å². The number of hydrogen-bond acceptors (Lipinski definition) is 4. The Kier molecular flexibility index (Phi) is 6.78. The predicted octanol–water partition coefficient (Wildman–Crippen LogP) is 4.05. The molecule has 3 fully saturated rings. The van der Waals surface area contributed by atoms with Gasteiger partial charge in [0.25, 0.3) is 11.8 Å². The summed E-state index contributed by atoms with van der Waals surface area (Å²) in [6.45, 7) is 13.8. The first-order valence-electron chi connectivity index (χ1n) is 12.8. The molecule has 1 spiro atoms. The fourth-order valence-corrected chi connectivity index (χ4v) is 5.61. The molecule has 3 aliphatic rings. The minimum absolute atomic E-state index is 0.0412. The molecule has 0 radical (unpaired) electrons. The fourth-order valence-electron chi connectivity index (χ4n) is 5.61. The van der Waals surface area contributed by atoms with Crippen LogP contribution in [0.1, 0.15) is 82.1 Å². The highest BCUT2D eigenvalue weighted by Gasteiger charge is 2.53. The lowest BCUT2D eigenvalue weighted by atomic mass is 9.67. The van der Waals surface area contributed by atoms with Gasteiger partial charge in [0.2, 0.25) is 0 Å². The van der Waals surface area contributed by atoms with E-state index in [-0.39, 0.29) is 23.3 Å². The molecule has 7 heteroatoms. The van der Waals surface area contributed by atoms with Gasteiger partial charge in [0, 0.05) is 31.7 Å². The quantitative estimate of drug-likeness (QED) is 0.677. The summed E-state index contributed by atoms with van der Waals surface area (Å²) in [5, 5.41) is 3.04. The van der Waals surface area contributed by atoms with E-state index in [2.05, 4.69) is 44.8 Å². The van der Waals surface area contributed by atoms with E-state index < -0.39 is 5.54 Å². The Hall–Kier alpha value is -2.41. The van der Waals surface area contributed by atoms with Crippen molar-refractivity contribution in [2.24, 2.45) is 11.3 Å². The van der Waals surface area contributed by atoms with Crippen molar-refractivity contribution in [1.29, 1.82) is 0 Å². The highest BCUT2D eigenvalue weighted by Crippen LogP contribution is 2.43. The van der Waals surface area contributed by atoms with Crippen LogP contribution >= 0.6 is 0 Å². The Morgan fingerprint density at radius 1 is 1.03 bits per heavy atom. The minimum Gasteiger partial charge on any atom is -0.336 e. The molecule has 34 heavy (non-hydrogen) atoms. The summed E-state index contributed by atoms with van der Waals surface area (Å²) in [5.74, 6) is 0.975. The van der Waals surface area contributed by atoms with E-state index in [1.54, 1.807) is 0 Å². The molecule has 2 heterocycles. The number of imide groups is 1. The summed E-state index contributed by atoms with van der Waals surface area (Å²) < 4.78 is 0. The van der Waals surface area contributed by atoms with Crippen molar-refractivity contribution < 1.29 is 14.4 Å². The fraction of sp³-hybridized carbons (Fsp3) is 0.667. The van der Waals surface area contributed by atoms with E-state index in [0.717, 1.165) is 12.8 Å². The van der Waals surface area contributed by atoms with Crippen LogP contribution in [-0.4, -0.2) is 70.9 Å². The van der Waals surface area contributed by atoms with Gasteiger partial charge in [-0.15, -0.1) is 0 Å². The second kappa shape index (κ2) is 9.33. The summed E-state index contributed by atoms with van der Waals surface area (Å²) in [6, 6.07) is 7.59. The van der Waals surface area contributed by atoms with E-state index in [1.165, 1.54) is 10.5 Å². The molecule has 7 nitrogen and oxygen atoms in total. The zero-order valence-corrected chi connectivity index (χ0v) is 21.4. The van der Waals surface area contributed by atoms with Crippen molar-refractivity contribution in [3.05, 3.63) is 35.4 Å². The molecule has 1 aromatic rings. The molecule has 186 valence electrons. The van der Waals surface area contributed by atoms with Crippen LogP contribution in [0.5, 0.6) is 0 Å². The Morgan fingerprint density at radius 3 is 2.15 bits per heavy atom. The average Bonchev–Trinajstić information content (AvgIpc) is 3.02. The van der Waals surface area contributed by atoms with Gasteiger partial charge in [-0.05, 0) is 60.6 Å². The Morgan fingerprint density at radius 2 is 1.62 bits per heavy atom. The van der Waals surface area contributed by atoms with Crippen molar-refractivity contribution in [2.45, 2.75) is 71.8 Å². The van der Waals surface area contributed by atoms with Crippen LogP contribution in [0.25, 0.3) is 0 Å². The molecule has 1 N–H and O–H groups in total. The second-order valence-corrected chi connectivity index (χ2v) is 11.7. The number of piperazine rings is 1. The van der Waals surface area contributed by atoms with Gasteiger partial charge in [0.05, 0.1) is 6.67 Å². The van der Waals surface area contributed by atoms with Crippen LogP contribution in [0, 0.1) is 11.3 Å². The number of nitrogens with zero attached hydrogens (tertiary/aromatic N) is 3. The van der Waals surface area contributed by atoms with Gasteiger partial charge in [-0.2, -0.15) is 0 Å². The summed E-state index contributed by atoms with van der Waals surface area (Å²) in [7, 11) is 0. The molecule has 0 atom stereocenters. The van der Waals surface area contributed by atoms with Crippen LogP contribution in [0.15, 0.2) is 24.3 Å². The summed E-state index contributed by atoms with van der Waals surface area (Å²) >= 11 is 0. The number of urea groups is 1. The molecular weight excluding hydrogens is 428 g/mol. The zero-order chi connectivity index (χ0) is 24.7. The molecule has 2 saturated heterocycles. The number of amides is 4. The van der Waals surface area contributed by atoms with E-state index in [0.29, 0.717) is 63.1 Å². The van der Waals surface area contributed by atoms with Gasteiger partial charge in [0.1, 0.15) is 5.54 Å². The van der Waals surface area contributed by atoms with Gasteiger partial charge in [-0.3, -0.25) is 14.5 Å². The van der Waals surface area contributed by atoms with Gasteiger partial charge >= 0.3 is 6.03 Å². The van der Waals surface area contributed by atoms with Crippen LogP contribution in [0.2, 0.25) is 0 Å². The number of carbonyl (C=O) groups excluding carboxylic acids is 3. The SMILES string of the molecule is CC(C)c1ccc(C(=O)N2CCN(CN3C(=O)NC4(CCC(C(C)(C)C)CC4)C3=O)CC2)cc1. The molecule has 1 aromatic carbocycles. The van der Waals surface area contributed by atoms with Gasteiger partial charge in [0.15, 0.2) is 0 Å². The first-order chi connectivity index (χ1) is 16.0. The van der Waals surface area contributed by atoms with Gasteiger partial charge < -0.3 is 10.2 Å². The zero-order valence-electron chi connectivity index (χ0n) is 21.4. The van der Waals surface area contributed by atoms with Crippen LogP contribution < -0.4 is 5.32 Å². The number of nitrogens with one attached hydrogen (secondary N) is 1. The number of carbonyl (C=O) groups is 3. The third-order valence-corrected chi connectivity index (χ3v) is 8.14. The number of benzene rings is 1.